The summed E-state index contributed by atoms with van der Waals surface area (Å²) in [5.74, 6) is 0.426. The number of rotatable bonds is 3. The number of aromatic amines is 1. The maximum absolute atomic E-state index is 13.6. The number of anilines is 1. The van der Waals surface area contributed by atoms with Crippen molar-refractivity contribution in [2.24, 2.45) is 0 Å². The number of nitrogens with zero attached hydrogens (tertiary/aromatic N) is 5. The number of imidazole rings is 1. The van der Waals surface area contributed by atoms with Crippen LogP contribution in [0.3, 0.4) is 0 Å². The Balaban J connectivity index is 1.47. The van der Waals surface area contributed by atoms with Crippen LogP contribution in [0.5, 0.6) is 0 Å². The Morgan fingerprint density at radius 2 is 1.85 bits per heavy atom. The van der Waals surface area contributed by atoms with Gasteiger partial charge in [0.1, 0.15) is 23.4 Å². The molecule has 2 aliphatic heterocycles. The van der Waals surface area contributed by atoms with Crippen LogP contribution in [-0.2, 0) is 9.47 Å². The summed E-state index contributed by atoms with van der Waals surface area (Å²) in [4.78, 5) is 28.2. The predicted octanol–water partition coefficient (Wildman–Crippen LogP) is 2.98. The largest absolute Gasteiger partial charge is 0.355 e. The monoisotopic (exact) mass is 454 g/mol. The van der Waals surface area contributed by atoms with E-state index in [4.69, 9.17) is 14.5 Å². The number of hydrogen-bond acceptors (Lipinski definition) is 7. The number of pyridine rings is 1. The first-order chi connectivity index (χ1) is 16.7. The van der Waals surface area contributed by atoms with Crippen LogP contribution in [-0.4, -0.2) is 51.4 Å². The van der Waals surface area contributed by atoms with Gasteiger partial charge in [0.05, 0.1) is 35.4 Å². The molecule has 0 radical (unpaired) electrons. The summed E-state index contributed by atoms with van der Waals surface area (Å²) < 4.78 is 13.2. The van der Waals surface area contributed by atoms with Gasteiger partial charge in [0.15, 0.2) is 5.79 Å². The number of benzene rings is 1. The number of nitrogens with one attached hydrogen (secondary N) is 1. The third-order valence-corrected chi connectivity index (χ3v) is 6.44. The summed E-state index contributed by atoms with van der Waals surface area (Å²) in [5, 5.41) is 9.96. The average Bonchev–Trinajstić information content (AvgIpc) is 3.51. The van der Waals surface area contributed by atoms with Crippen molar-refractivity contribution in [1.82, 2.24) is 19.4 Å². The van der Waals surface area contributed by atoms with Gasteiger partial charge >= 0.3 is 0 Å². The fraction of sp³-hybridized carbons (Fsp3) is 0.280. The molecule has 0 atom stereocenters. The number of aromatic nitrogens is 4. The van der Waals surface area contributed by atoms with Gasteiger partial charge in [0.2, 0.25) is 0 Å². The van der Waals surface area contributed by atoms with E-state index in [1.165, 1.54) is 4.40 Å². The zero-order valence-electron chi connectivity index (χ0n) is 18.4. The number of nitriles is 1. The molecule has 0 unspecified atom stereocenters. The van der Waals surface area contributed by atoms with E-state index in [0.29, 0.717) is 62.0 Å². The Morgan fingerprint density at radius 3 is 2.62 bits per heavy atom. The Morgan fingerprint density at radius 1 is 1.09 bits per heavy atom. The molecule has 9 nitrogen and oxygen atoms in total. The molecule has 1 spiro atoms. The van der Waals surface area contributed by atoms with E-state index in [0.717, 1.165) is 11.0 Å². The van der Waals surface area contributed by atoms with Gasteiger partial charge in [-0.15, -0.1) is 0 Å². The summed E-state index contributed by atoms with van der Waals surface area (Å²) in [6.45, 7) is 2.46. The minimum atomic E-state index is -0.537. The molecule has 3 aromatic heterocycles. The SMILES string of the molecule is N#CC(=Cc1c(N2CCC3(CC2)OCCO3)nc2ccccn2c1=O)c1nc2ccccc2[nH]1. The van der Waals surface area contributed by atoms with Crippen LogP contribution in [0.2, 0.25) is 0 Å². The molecule has 34 heavy (non-hydrogen) atoms. The van der Waals surface area contributed by atoms with Crippen LogP contribution < -0.4 is 10.5 Å². The van der Waals surface area contributed by atoms with Crippen LogP contribution in [0.4, 0.5) is 5.82 Å². The second-order valence-electron chi connectivity index (χ2n) is 8.45. The molecule has 2 aliphatic rings. The van der Waals surface area contributed by atoms with Gasteiger partial charge in [-0.25, -0.2) is 9.97 Å². The van der Waals surface area contributed by atoms with Gasteiger partial charge in [-0.2, -0.15) is 5.26 Å². The Kier molecular flexibility index (Phi) is 4.90. The number of ether oxygens (including phenoxy) is 2. The molecule has 9 heteroatoms. The molecule has 5 heterocycles. The second-order valence-corrected chi connectivity index (χ2v) is 8.45. The number of allylic oxidation sites excluding steroid dienone is 1. The number of fused-ring (bicyclic) bond motifs is 2. The van der Waals surface area contributed by atoms with Crippen LogP contribution in [0.15, 0.2) is 53.5 Å². The van der Waals surface area contributed by atoms with Gasteiger partial charge in [0.25, 0.3) is 5.56 Å². The summed E-state index contributed by atoms with van der Waals surface area (Å²) in [7, 11) is 0. The van der Waals surface area contributed by atoms with Crippen LogP contribution in [0.25, 0.3) is 28.3 Å². The molecule has 0 saturated carbocycles. The smallest absolute Gasteiger partial charge is 0.267 e. The Hall–Kier alpha value is -4.00. The topological polar surface area (TPSA) is 109 Å². The normalized spacial score (nSPS) is 18.1. The highest BCUT2D eigenvalue weighted by Crippen LogP contribution is 2.34. The second kappa shape index (κ2) is 8.09. The first kappa shape index (κ1) is 20.6. The van der Waals surface area contributed by atoms with Crippen molar-refractivity contribution in [2.45, 2.75) is 18.6 Å². The zero-order chi connectivity index (χ0) is 23.1. The van der Waals surface area contributed by atoms with Crippen molar-refractivity contribution < 1.29 is 9.47 Å². The summed E-state index contributed by atoms with van der Waals surface area (Å²) >= 11 is 0. The van der Waals surface area contributed by atoms with E-state index >= 15 is 0 Å². The molecule has 1 aromatic carbocycles. The molecule has 6 rings (SSSR count). The minimum Gasteiger partial charge on any atom is -0.355 e. The van der Waals surface area contributed by atoms with Gasteiger partial charge in [-0.05, 0) is 30.3 Å². The lowest BCUT2D eigenvalue weighted by Gasteiger charge is -2.38. The van der Waals surface area contributed by atoms with E-state index in [-0.39, 0.29) is 11.1 Å². The average molecular weight is 454 g/mol. The summed E-state index contributed by atoms with van der Waals surface area (Å²) in [6.07, 6.45) is 4.64. The number of H-pyrrole nitrogens is 1. The van der Waals surface area contributed by atoms with Crippen molar-refractivity contribution in [3.8, 4) is 6.07 Å². The Labute approximate surface area is 194 Å². The van der Waals surface area contributed by atoms with E-state index < -0.39 is 5.79 Å². The molecule has 2 saturated heterocycles. The summed E-state index contributed by atoms with van der Waals surface area (Å²) in [6, 6.07) is 15.2. The maximum atomic E-state index is 13.6. The summed E-state index contributed by atoms with van der Waals surface area (Å²) in [5.41, 5.74) is 2.51. The molecular formula is C25H22N6O3. The van der Waals surface area contributed by atoms with Gasteiger partial charge in [0, 0.05) is 32.1 Å². The lowest BCUT2D eigenvalue weighted by atomic mass is 10.0. The third-order valence-electron chi connectivity index (χ3n) is 6.44. The number of piperidine rings is 1. The quantitative estimate of drug-likeness (QED) is 0.474. The fourth-order valence-electron chi connectivity index (χ4n) is 4.68. The van der Waals surface area contributed by atoms with E-state index in [9.17, 15) is 10.1 Å². The highest BCUT2D eigenvalue weighted by Gasteiger charge is 2.40. The van der Waals surface area contributed by atoms with E-state index in [1.54, 1.807) is 24.4 Å². The van der Waals surface area contributed by atoms with Crippen molar-refractivity contribution in [2.75, 3.05) is 31.2 Å². The van der Waals surface area contributed by atoms with Gasteiger partial charge in [-0.3, -0.25) is 9.20 Å². The van der Waals surface area contributed by atoms with Gasteiger partial charge in [-0.1, -0.05) is 18.2 Å². The lowest BCUT2D eigenvalue weighted by Crippen LogP contribution is -2.46. The Bertz CT molecular complexity index is 1480. The molecule has 4 aromatic rings. The van der Waals surface area contributed by atoms with Gasteiger partial charge < -0.3 is 19.4 Å². The lowest BCUT2D eigenvalue weighted by molar-refractivity contribution is -0.169. The number of hydrogen-bond donors (Lipinski definition) is 1. The van der Waals surface area contributed by atoms with Crippen LogP contribution in [0, 0.1) is 11.3 Å². The maximum Gasteiger partial charge on any atom is 0.267 e. The van der Waals surface area contributed by atoms with E-state index in [2.05, 4.69) is 20.9 Å². The zero-order valence-corrected chi connectivity index (χ0v) is 18.4. The number of para-hydroxylation sites is 2. The van der Waals surface area contributed by atoms with Crippen LogP contribution in [0.1, 0.15) is 24.2 Å². The van der Waals surface area contributed by atoms with Crippen molar-refractivity contribution in [1.29, 1.82) is 5.26 Å². The van der Waals surface area contributed by atoms with Crippen molar-refractivity contribution in [3.63, 3.8) is 0 Å². The third kappa shape index (κ3) is 3.44. The molecule has 0 amide bonds. The highest BCUT2D eigenvalue weighted by atomic mass is 16.7. The fourth-order valence-corrected chi connectivity index (χ4v) is 4.68. The molecule has 0 aliphatic carbocycles. The minimum absolute atomic E-state index is 0.238. The first-order valence-corrected chi connectivity index (χ1v) is 11.3. The standard InChI is InChI=1S/C25H22N6O3/c26-16-17(22-27-19-5-1-2-6-20(19)28-22)15-18-23(29-21-7-3-4-10-31(21)24(18)32)30-11-8-25(9-12-30)33-13-14-34-25/h1-7,10,15H,8-9,11-14H2,(H,27,28). The molecule has 1 N–H and O–H groups in total. The molecule has 0 bridgehead atoms. The van der Waals surface area contributed by atoms with Crippen molar-refractivity contribution >= 4 is 34.1 Å². The van der Waals surface area contributed by atoms with Crippen LogP contribution >= 0.6 is 0 Å². The molecular weight excluding hydrogens is 432 g/mol. The molecule has 170 valence electrons. The predicted molar refractivity (Wildman–Crippen MR) is 127 cm³/mol. The first-order valence-electron chi connectivity index (χ1n) is 11.3. The highest BCUT2D eigenvalue weighted by molar-refractivity contribution is 5.92. The van der Waals surface area contributed by atoms with E-state index in [1.807, 2.05) is 30.3 Å². The molecule has 2 fully saturated rings. The van der Waals surface area contributed by atoms with Crippen molar-refractivity contribution in [3.05, 3.63) is 70.4 Å².